The predicted octanol–water partition coefficient (Wildman–Crippen LogP) is 2.36. The first-order chi connectivity index (χ1) is 8.60. The second kappa shape index (κ2) is 7.39. The van der Waals surface area contributed by atoms with Crippen LogP contribution in [0.4, 0.5) is 0 Å². The molecule has 1 atom stereocenters. The van der Waals surface area contributed by atoms with Crippen LogP contribution in [0, 0.1) is 5.92 Å². The fourth-order valence-electron chi connectivity index (χ4n) is 1.94. The molecule has 0 fully saturated rings. The van der Waals surface area contributed by atoms with Crippen LogP contribution < -0.4 is 0 Å². The fraction of sp³-hybridized carbons (Fsp3) is 0.500. The van der Waals surface area contributed by atoms with E-state index in [1.807, 2.05) is 38.1 Å². The summed E-state index contributed by atoms with van der Waals surface area (Å²) in [5.41, 5.74) is 0.986. The van der Waals surface area contributed by atoms with Crippen molar-refractivity contribution in [3.63, 3.8) is 0 Å². The van der Waals surface area contributed by atoms with Gasteiger partial charge in [0.2, 0.25) is 5.91 Å². The molecule has 0 aliphatic carbocycles. The molecule has 3 nitrogen and oxygen atoms in total. The zero-order valence-electron chi connectivity index (χ0n) is 10.9. The number of hydrogen-bond donors (Lipinski definition) is 1. The van der Waals surface area contributed by atoms with E-state index < -0.39 is 0 Å². The quantitative estimate of drug-likeness (QED) is 0.861. The van der Waals surface area contributed by atoms with Crippen molar-refractivity contribution in [2.75, 3.05) is 19.7 Å². The number of aliphatic hydroxyl groups is 1. The van der Waals surface area contributed by atoms with Gasteiger partial charge in [0.15, 0.2) is 0 Å². The first-order valence-corrected chi connectivity index (χ1v) is 6.61. The lowest BCUT2D eigenvalue weighted by molar-refractivity contribution is -0.135. The van der Waals surface area contributed by atoms with Crippen LogP contribution in [0.1, 0.15) is 19.4 Å². The van der Waals surface area contributed by atoms with E-state index in [0.29, 0.717) is 24.5 Å². The highest BCUT2D eigenvalue weighted by Gasteiger charge is 2.19. The fourth-order valence-corrected chi connectivity index (χ4v) is 2.15. The lowest BCUT2D eigenvalue weighted by Gasteiger charge is -2.23. The predicted molar refractivity (Wildman–Crippen MR) is 73.7 cm³/mol. The number of aliphatic hydroxyl groups excluding tert-OH is 1. The number of halogens is 1. The maximum absolute atomic E-state index is 12.2. The molecule has 1 amide bonds. The molecule has 0 aliphatic rings. The minimum atomic E-state index is -0.128. The normalized spacial score (nSPS) is 12.2. The van der Waals surface area contributed by atoms with Crippen molar-refractivity contribution in [2.45, 2.75) is 20.3 Å². The number of nitrogens with zero attached hydrogens (tertiary/aromatic N) is 1. The van der Waals surface area contributed by atoms with Crippen LogP contribution in [0.25, 0.3) is 0 Å². The third-order valence-corrected chi connectivity index (χ3v) is 3.34. The van der Waals surface area contributed by atoms with Crippen LogP contribution in [0.15, 0.2) is 24.3 Å². The Morgan fingerprint density at radius 3 is 2.67 bits per heavy atom. The van der Waals surface area contributed by atoms with E-state index in [0.717, 1.165) is 5.56 Å². The van der Waals surface area contributed by atoms with Crippen molar-refractivity contribution in [1.29, 1.82) is 0 Å². The van der Waals surface area contributed by atoms with E-state index in [1.165, 1.54) is 0 Å². The number of carbonyl (C=O) groups excluding carboxylic acids is 1. The summed E-state index contributed by atoms with van der Waals surface area (Å²) >= 11 is 6.08. The maximum atomic E-state index is 12.2. The minimum absolute atomic E-state index is 0.00159. The van der Waals surface area contributed by atoms with Gasteiger partial charge in [-0.3, -0.25) is 4.79 Å². The van der Waals surface area contributed by atoms with Crippen LogP contribution >= 0.6 is 11.6 Å². The van der Waals surface area contributed by atoms with Gasteiger partial charge in [-0.15, -0.1) is 0 Å². The van der Waals surface area contributed by atoms with Gasteiger partial charge in [0, 0.05) is 24.0 Å². The molecule has 0 spiro atoms. The van der Waals surface area contributed by atoms with Crippen molar-refractivity contribution in [2.24, 2.45) is 5.92 Å². The van der Waals surface area contributed by atoms with Gasteiger partial charge in [-0.2, -0.15) is 0 Å². The molecule has 0 radical (unpaired) electrons. The molecular formula is C14H20ClNO2. The average Bonchev–Trinajstić information content (AvgIpc) is 2.37. The first-order valence-electron chi connectivity index (χ1n) is 6.23. The molecule has 0 bridgehead atoms. The Labute approximate surface area is 113 Å². The van der Waals surface area contributed by atoms with Gasteiger partial charge in [-0.05, 0) is 25.0 Å². The summed E-state index contributed by atoms with van der Waals surface area (Å²) in [7, 11) is 0. The molecule has 0 heterocycles. The summed E-state index contributed by atoms with van der Waals surface area (Å²) in [6.45, 7) is 4.81. The summed E-state index contributed by atoms with van der Waals surface area (Å²) in [6, 6.07) is 7.57. The summed E-state index contributed by atoms with van der Waals surface area (Å²) in [6.07, 6.45) is 0.625. The standard InChI is InChI=1S/C14H20ClNO2/c1-3-16(8-9-17)14(18)11(2)10-12-6-4-5-7-13(12)15/h4-7,11,17H,3,8-10H2,1-2H3/t11-/m0/s1. The van der Waals surface area contributed by atoms with Gasteiger partial charge in [-0.1, -0.05) is 36.7 Å². The van der Waals surface area contributed by atoms with Gasteiger partial charge in [-0.25, -0.2) is 0 Å². The Morgan fingerprint density at radius 2 is 2.11 bits per heavy atom. The van der Waals surface area contributed by atoms with Crippen LogP contribution in [0.5, 0.6) is 0 Å². The third kappa shape index (κ3) is 4.00. The topological polar surface area (TPSA) is 40.5 Å². The molecule has 0 aliphatic heterocycles. The van der Waals surface area contributed by atoms with Gasteiger partial charge in [0.05, 0.1) is 6.61 Å². The Morgan fingerprint density at radius 1 is 1.44 bits per heavy atom. The molecule has 0 saturated carbocycles. The largest absolute Gasteiger partial charge is 0.395 e. The van der Waals surface area contributed by atoms with Crippen molar-refractivity contribution in [1.82, 2.24) is 4.90 Å². The highest BCUT2D eigenvalue weighted by atomic mass is 35.5. The lowest BCUT2D eigenvalue weighted by Crippen LogP contribution is -2.37. The van der Waals surface area contributed by atoms with E-state index in [-0.39, 0.29) is 18.4 Å². The van der Waals surface area contributed by atoms with Gasteiger partial charge < -0.3 is 10.0 Å². The number of hydrogen-bond acceptors (Lipinski definition) is 2. The summed E-state index contributed by atoms with van der Waals surface area (Å²) in [4.78, 5) is 13.8. The van der Waals surface area contributed by atoms with Crippen molar-refractivity contribution in [3.8, 4) is 0 Å². The summed E-state index contributed by atoms with van der Waals surface area (Å²) < 4.78 is 0. The SMILES string of the molecule is CCN(CCO)C(=O)[C@@H](C)Cc1ccccc1Cl. The number of benzene rings is 1. The van der Waals surface area contributed by atoms with Crippen molar-refractivity contribution < 1.29 is 9.90 Å². The molecule has 0 aromatic heterocycles. The Kier molecular flexibility index (Phi) is 6.16. The highest BCUT2D eigenvalue weighted by molar-refractivity contribution is 6.31. The molecular weight excluding hydrogens is 250 g/mol. The molecule has 1 N–H and O–H groups in total. The van der Waals surface area contributed by atoms with E-state index in [9.17, 15) is 4.79 Å². The number of likely N-dealkylation sites (N-methyl/N-ethyl adjacent to an activating group) is 1. The van der Waals surface area contributed by atoms with Crippen LogP contribution in [-0.4, -0.2) is 35.6 Å². The molecule has 18 heavy (non-hydrogen) atoms. The van der Waals surface area contributed by atoms with E-state index >= 15 is 0 Å². The van der Waals surface area contributed by atoms with Crippen molar-refractivity contribution >= 4 is 17.5 Å². The number of carbonyl (C=O) groups is 1. The van der Waals surface area contributed by atoms with Gasteiger partial charge in [0.1, 0.15) is 0 Å². The molecule has 1 rings (SSSR count). The summed E-state index contributed by atoms with van der Waals surface area (Å²) in [5.74, 6) is -0.0668. The molecule has 1 aromatic carbocycles. The van der Waals surface area contributed by atoms with Crippen LogP contribution in [0.3, 0.4) is 0 Å². The van der Waals surface area contributed by atoms with Crippen LogP contribution in [-0.2, 0) is 11.2 Å². The Hall–Kier alpha value is -1.06. The summed E-state index contributed by atoms with van der Waals surface area (Å²) in [5, 5.41) is 9.61. The maximum Gasteiger partial charge on any atom is 0.225 e. The molecule has 0 saturated heterocycles. The second-order valence-corrected chi connectivity index (χ2v) is 4.75. The molecule has 4 heteroatoms. The lowest BCUT2D eigenvalue weighted by atomic mass is 9.99. The zero-order valence-corrected chi connectivity index (χ0v) is 11.7. The van der Waals surface area contributed by atoms with Crippen molar-refractivity contribution in [3.05, 3.63) is 34.9 Å². The Bertz CT molecular complexity index is 395. The van der Waals surface area contributed by atoms with Gasteiger partial charge in [0.25, 0.3) is 0 Å². The Balaban J connectivity index is 2.67. The third-order valence-electron chi connectivity index (χ3n) is 2.97. The van der Waals surface area contributed by atoms with E-state index in [4.69, 9.17) is 16.7 Å². The molecule has 0 unspecified atom stereocenters. The minimum Gasteiger partial charge on any atom is -0.395 e. The molecule has 1 aromatic rings. The van der Waals surface area contributed by atoms with E-state index in [1.54, 1.807) is 4.90 Å². The smallest absolute Gasteiger partial charge is 0.225 e. The number of amides is 1. The van der Waals surface area contributed by atoms with Crippen LogP contribution in [0.2, 0.25) is 5.02 Å². The average molecular weight is 270 g/mol. The highest BCUT2D eigenvalue weighted by Crippen LogP contribution is 2.19. The van der Waals surface area contributed by atoms with Gasteiger partial charge >= 0.3 is 0 Å². The monoisotopic (exact) mass is 269 g/mol. The first kappa shape index (κ1) is 15.0. The van der Waals surface area contributed by atoms with E-state index in [2.05, 4.69) is 0 Å². The molecule has 100 valence electrons. The number of rotatable bonds is 6. The zero-order chi connectivity index (χ0) is 13.5. The second-order valence-electron chi connectivity index (χ2n) is 4.34.